The number of ether oxygens (including phenoxy) is 2. The van der Waals surface area contributed by atoms with Gasteiger partial charge in [0.2, 0.25) is 0 Å². The van der Waals surface area contributed by atoms with Crippen LogP contribution in [0.15, 0.2) is 18.2 Å². The summed E-state index contributed by atoms with van der Waals surface area (Å²) in [6.45, 7) is 1.17. The molecule has 1 aromatic rings. The third-order valence-corrected chi connectivity index (χ3v) is 3.70. The first-order valence-corrected chi connectivity index (χ1v) is 6.40. The van der Waals surface area contributed by atoms with Crippen molar-refractivity contribution in [3.05, 3.63) is 23.8 Å². The van der Waals surface area contributed by atoms with Crippen molar-refractivity contribution in [1.82, 2.24) is 0 Å². The average molecular weight is 234 g/mol. The molecule has 92 valence electrons. The number of aliphatic hydroxyl groups is 1. The van der Waals surface area contributed by atoms with Crippen molar-refractivity contribution < 1.29 is 14.6 Å². The van der Waals surface area contributed by atoms with Gasteiger partial charge in [-0.25, -0.2) is 0 Å². The maximum Gasteiger partial charge on any atom is 0.129 e. The lowest BCUT2D eigenvalue weighted by Crippen LogP contribution is -2.07. The minimum atomic E-state index is -0.478. The molecule has 3 rings (SSSR count). The number of benzene rings is 1. The van der Waals surface area contributed by atoms with Crippen molar-refractivity contribution in [1.29, 1.82) is 0 Å². The van der Waals surface area contributed by atoms with E-state index in [1.54, 1.807) is 0 Å². The van der Waals surface area contributed by atoms with Gasteiger partial charge in [0.05, 0.1) is 6.61 Å². The Bertz CT molecular complexity index is 396. The minimum absolute atomic E-state index is 0.363. The van der Waals surface area contributed by atoms with Crippen molar-refractivity contribution in [2.24, 2.45) is 5.92 Å². The van der Waals surface area contributed by atoms with Crippen LogP contribution in [0.25, 0.3) is 0 Å². The molecule has 17 heavy (non-hydrogen) atoms. The van der Waals surface area contributed by atoms with E-state index in [0.29, 0.717) is 6.61 Å². The van der Waals surface area contributed by atoms with Crippen LogP contribution in [0.3, 0.4) is 0 Å². The van der Waals surface area contributed by atoms with E-state index in [0.717, 1.165) is 29.6 Å². The van der Waals surface area contributed by atoms with Gasteiger partial charge in [-0.2, -0.15) is 0 Å². The molecule has 0 amide bonds. The summed E-state index contributed by atoms with van der Waals surface area (Å²) in [5, 5.41) is 9.61. The SMILES string of the molecule is OC1COc2cc(OCC3CCCC3)ccc21. The van der Waals surface area contributed by atoms with E-state index in [2.05, 4.69) is 0 Å². The summed E-state index contributed by atoms with van der Waals surface area (Å²) in [4.78, 5) is 0. The molecule has 1 unspecified atom stereocenters. The number of fused-ring (bicyclic) bond motifs is 1. The molecule has 3 nitrogen and oxygen atoms in total. The summed E-state index contributed by atoms with van der Waals surface area (Å²) in [5.41, 5.74) is 0.873. The molecule has 0 spiro atoms. The largest absolute Gasteiger partial charge is 0.493 e. The van der Waals surface area contributed by atoms with Crippen LogP contribution in [0.1, 0.15) is 37.4 Å². The molecule has 1 heterocycles. The Kier molecular flexibility index (Phi) is 2.93. The standard InChI is InChI=1S/C14H18O3/c15-13-9-17-14-7-11(5-6-12(13)14)16-8-10-3-1-2-4-10/h5-7,10,13,15H,1-4,8-9H2. The zero-order valence-corrected chi connectivity index (χ0v) is 9.89. The topological polar surface area (TPSA) is 38.7 Å². The Morgan fingerprint density at radius 2 is 2.12 bits per heavy atom. The molecule has 0 saturated heterocycles. The van der Waals surface area contributed by atoms with Crippen LogP contribution >= 0.6 is 0 Å². The van der Waals surface area contributed by atoms with E-state index in [-0.39, 0.29) is 0 Å². The third kappa shape index (κ3) is 2.25. The molecule has 1 aliphatic carbocycles. The van der Waals surface area contributed by atoms with Gasteiger partial charge in [0, 0.05) is 11.6 Å². The van der Waals surface area contributed by atoms with E-state index in [4.69, 9.17) is 9.47 Å². The van der Waals surface area contributed by atoms with Gasteiger partial charge in [0.25, 0.3) is 0 Å². The summed E-state index contributed by atoms with van der Waals surface area (Å²) in [7, 11) is 0. The van der Waals surface area contributed by atoms with Gasteiger partial charge in [0.15, 0.2) is 0 Å². The van der Waals surface area contributed by atoms with Crippen molar-refractivity contribution in [2.75, 3.05) is 13.2 Å². The fraction of sp³-hybridized carbons (Fsp3) is 0.571. The normalized spacial score (nSPS) is 23.5. The second-order valence-corrected chi connectivity index (χ2v) is 4.99. The first-order chi connectivity index (χ1) is 8.33. The number of rotatable bonds is 3. The number of hydrogen-bond acceptors (Lipinski definition) is 3. The molecule has 2 aliphatic rings. The van der Waals surface area contributed by atoms with Crippen LogP contribution < -0.4 is 9.47 Å². The smallest absolute Gasteiger partial charge is 0.129 e. The highest BCUT2D eigenvalue weighted by atomic mass is 16.5. The van der Waals surface area contributed by atoms with Gasteiger partial charge in [-0.3, -0.25) is 0 Å². The van der Waals surface area contributed by atoms with Gasteiger partial charge in [-0.05, 0) is 30.9 Å². The number of aliphatic hydroxyl groups excluding tert-OH is 1. The van der Waals surface area contributed by atoms with Crippen molar-refractivity contribution >= 4 is 0 Å². The van der Waals surface area contributed by atoms with Gasteiger partial charge < -0.3 is 14.6 Å². The van der Waals surface area contributed by atoms with Crippen LogP contribution in [0.2, 0.25) is 0 Å². The molecule has 1 aliphatic heterocycles. The Hall–Kier alpha value is -1.22. The van der Waals surface area contributed by atoms with Gasteiger partial charge in [-0.1, -0.05) is 12.8 Å². The molecule has 0 aromatic heterocycles. The summed E-state index contributed by atoms with van der Waals surface area (Å²) in [6.07, 6.45) is 4.79. The van der Waals surface area contributed by atoms with Crippen molar-refractivity contribution in [2.45, 2.75) is 31.8 Å². The average Bonchev–Trinajstić information content (AvgIpc) is 2.97. The molecule has 1 atom stereocenters. The minimum Gasteiger partial charge on any atom is -0.493 e. The van der Waals surface area contributed by atoms with Crippen molar-refractivity contribution in [3.8, 4) is 11.5 Å². The summed E-state index contributed by atoms with van der Waals surface area (Å²) < 4.78 is 11.2. The Balaban J connectivity index is 1.64. The van der Waals surface area contributed by atoms with E-state index in [9.17, 15) is 5.11 Å². The Labute approximate surface area is 101 Å². The fourth-order valence-corrected chi connectivity index (χ4v) is 2.65. The highest BCUT2D eigenvalue weighted by Crippen LogP contribution is 2.35. The highest BCUT2D eigenvalue weighted by Gasteiger charge is 2.22. The van der Waals surface area contributed by atoms with E-state index < -0.39 is 6.10 Å². The van der Waals surface area contributed by atoms with E-state index in [1.807, 2.05) is 18.2 Å². The second-order valence-electron chi connectivity index (χ2n) is 4.99. The molecule has 0 radical (unpaired) electrons. The molecular weight excluding hydrogens is 216 g/mol. The van der Waals surface area contributed by atoms with Gasteiger partial charge in [0.1, 0.15) is 24.2 Å². The molecular formula is C14H18O3. The predicted molar refractivity (Wildman–Crippen MR) is 64.3 cm³/mol. The first kappa shape index (κ1) is 10.9. The number of hydrogen-bond donors (Lipinski definition) is 1. The zero-order chi connectivity index (χ0) is 11.7. The molecule has 0 bridgehead atoms. The second kappa shape index (κ2) is 4.57. The predicted octanol–water partition coefficient (Wildman–Crippen LogP) is 2.68. The zero-order valence-electron chi connectivity index (χ0n) is 9.89. The van der Waals surface area contributed by atoms with Gasteiger partial charge in [-0.15, -0.1) is 0 Å². The first-order valence-electron chi connectivity index (χ1n) is 6.40. The lowest BCUT2D eigenvalue weighted by atomic mass is 10.1. The maximum absolute atomic E-state index is 9.61. The summed E-state index contributed by atoms with van der Waals surface area (Å²) in [5.74, 6) is 2.33. The Morgan fingerprint density at radius 3 is 2.94 bits per heavy atom. The lowest BCUT2D eigenvalue weighted by molar-refractivity contribution is 0.140. The molecule has 1 saturated carbocycles. The summed E-state index contributed by atoms with van der Waals surface area (Å²) >= 11 is 0. The Morgan fingerprint density at radius 1 is 1.29 bits per heavy atom. The molecule has 1 N–H and O–H groups in total. The highest BCUT2D eigenvalue weighted by molar-refractivity contribution is 5.44. The van der Waals surface area contributed by atoms with Crippen LogP contribution in [0.4, 0.5) is 0 Å². The monoisotopic (exact) mass is 234 g/mol. The molecule has 1 aromatic carbocycles. The van der Waals surface area contributed by atoms with E-state index >= 15 is 0 Å². The van der Waals surface area contributed by atoms with Crippen LogP contribution in [0.5, 0.6) is 11.5 Å². The van der Waals surface area contributed by atoms with Crippen LogP contribution in [-0.2, 0) is 0 Å². The molecule has 3 heteroatoms. The third-order valence-electron chi connectivity index (χ3n) is 3.70. The van der Waals surface area contributed by atoms with E-state index in [1.165, 1.54) is 25.7 Å². The van der Waals surface area contributed by atoms with Crippen LogP contribution in [-0.4, -0.2) is 18.3 Å². The fourth-order valence-electron chi connectivity index (χ4n) is 2.65. The van der Waals surface area contributed by atoms with Crippen molar-refractivity contribution in [3.63, 3.8) is 0 Å². The lowest BCUT2D eigenvalue weighted by Gasteiger charge is -2.12. The molecule has 1 fully saturated rings. The van der Waals surface area contributed by atoms with Crippen LogP contribution in [0, 0.1) is 5.92 Å². The summed E-state index contributed by atoms with van der Waals surface area (Å²) in [6, 6.07) is 5.71. The van der Waals surface area contributed by atoms with Gasteiger partial charge >= 0.3 is 0 Å². The maximum atomic E-state index is 9.61. The quantitative estimate of drug-likeness (QED) is 0.873.